The number of morpholine rings is 1. The van der Waals surface area contributed by atoms with E-state index in [1.165, 1.54) is 0 Å². The van der Waals surface area contributed by atoms with E-state index in [4.69, 9.17) is 14.5 Å². The van der Waals surface area contributed by atoms with Crippen LogP contribution in [0.15, 0.2) is 48.8 Å². The van der Waals surface area contributed by atoms with Gasteiger partial charge in [0.2, 0.25) is 5.95 Å². The third kappa shape index (κ3) is 4.33. The minimum atomic E-state index is -0.275. The van der Waals surface area contributed by atoms with Gasteiger partial charge in [0.05, 0.1) is 36.5 Å². The number of hydrogen-bond donors (Lipinski definition) is 1. The number of nitrogens with zero attached hydrogens (tertiary/aromatic N) is 4. The number of pyridine rings is 1. The maximum Gasteiger partial charge on any atom is 0.252 e. The number of para-hydroxylation sites is 1. The van der Waals surface area contributed by atoms with Crippen molar-refractivity contribution < 1.29 is 14.3 Å². The van der Waals surface area contributed by atoms with Gasteiger partial charge in [0.25, 0.3) is 5.91 Å². The van der Waals surface area contributed by atoms with E-state index in [0.29, 0.717) is 44.4 Å². The van der Waals surface area contributed by atoms with Crippen LogP contribution in [0.1, 0.15) is 22.2 Å². The molecule has 150 valence electrons. The van der Waals surface area contributed by atoms with E-state index >= 15 is 0 Å². The van der Waals surface area contributed by atoms with Crippen LogP contribution in [0.2, 0.25) is 0 Å². The summed E-state index contributed by atoms with van der Waals surface area (Å²) in [6.07, 6.45) is 3.18. The smallest absolute Gasteiger partial charge is 0.252 e. The van der Waals surface area contributed by atoms with Crippen LogP contribution in [0, 0.1) is 0 Å². The predicted octanol–water partition coefficient (Wildman–Crippen LogP) is 1.98. The van der Waals surface area contributed by atoms with Gasteiger partial charge in [0.1, 0.15) is 6.10 Å². The molecule has 8 nitrogen and oxygen atoms in total. The Balaban J connectivity index is 1.64. The summed E-state index contributed by atoms with van der Waals surface area (Å²) in [6, 6.07) is 11.2. The second kappa shape index (κ2) is 8.93. The highest BCUT2D eigenvalue weighted by molar-refractivity contribution is 6.06. The van der Waals surface area contributed by atoms with Crippen LogP contribution in [0.5, 0.6) is 0 Å². The van der Waals surface area contributed by atoms with E-state index < -0.39 is 0 Å². The van der Waals surface area contributed by atoms with Crippen molar-refractivity contribution >= 4 is 22.8 Å². The first kappa shape index (κ1) is 19.2. The van der Waals surface area contributed by atoms with E-state index in [2.05, 4.69) is 20.2 Å². The van der Waals surface area contributed by atoms with Crippen LogP contribution in [-0.4, -0.2) is 60.8 Å². The maximum atomic E-state index is 12.8. The quantitative estimate of drug-likeness (QED) is 0.641. The molecule has 1 N–H and O–H groups in total. The fourth-order valence-electron chi connectivity index (χ4n) is 3.37. The van der Waals surface area contributed by atoms with Gasteiger partial charge >= 0.3 is 0 Å². The molecular formula is C21H23N5O3. The third-order valence-electron chi connectivity index (χ3n) is 4.80. The lowest BCUT2D eigenvalue weighted by atomic mass is 10.0. The van der Waals surface area contributed by atoms with Gasteiger partial charge in [-0.3, -0.25) is 4.79 Å². The monoisotopic (exact) mass is 393 g/mol. The zero-order chi connectivity index (χ0) is 20.1. The fourth-order valence-corrected chi connectivity index (χ4v) is 3.37. The van der Waals surface area contributed by atoms with E-state index in [9.17, 15) is 4.79 Å². The van der Waals surface area contributed by atoms with Crippen molar-refractivity contribution in [3.8, 4) is 0 Å². The van der Waals surface area contributed by atoms with Crippen LogP contribution in [0.4, 0.5) is 5.95 Å². The molecule has 0 bridgehead atoms. The number of aromatic nitrogens is 3. The van der Waals surface area contributed by atoms with E-state index in [-0.39, 0.29) is 12.0 Å². The first-order valence-corrected chi connectivity index (χ1v) is 9.56. The van der Waals surface area contributed by atoms with Gasteiger partial charge in [-0.1, -0.05) is 18.2 Å². The summed E-state index contributed by atoms with van der Waals surface area (Å²) in [6.45, 7) is 2.71. The molecule has 1 amide bonds. The third-order valence-corrected chi connectivity index (χ3v) is 4.80. The van der Waals surface area contributed by atoms with Gasteiger partial charge in [-0.05, 0) is 18.2 Å². The van der Waals surface area contributed by atoms with Crippen molar-refractivity contribution in [2.75, 3.05) is 44.9 Å². The molecule has 0 saturated carbocycles. The highest BCUT2D eigenvalue weighted by Crippen LogP contribution is 2.27. The van der Waals surface area contributed by atoms with Crippen molar-refractivity contribution in [2.24, 2.45) is 0 Å². The van der Waals surface area contributed by atoms with Crippen molar-refractivity contribution in [2.45, 2.75) is 6.10 Å². The Bertz CT molecular complexity index is 982. The molecule has 1 atom stereocenters. The Morgan fingerprint density at radius 2 is 2.10 bits per heavy atom. The fraction of sp³-hybridized carbons (Fsp3) is 0.333. The normalized spacial score (nSPS) is 16.7. The minimum Gasteiger partial charge on any atom is -0.383 e. The molecular weight excluding hydrogens is 370 g/mol. The summed E-state index contributed by atoms with van der Waals surface area (Å²) in [5.41, 5.74) is 2.07. The first-order chi connectivity index (χ1) is 14.3. The number of fused-ring (bicyclic) bond motifs is 1. The standard InChI is InChI=1S/C21H23N5O3/c1-28-11-9-22-20(27)16-13-18(25-17-6-3-2-5-15(16)17)19-14-26(10-12-29-19)21-23-7-4-8-24-21/h2-8,13,19H,9-12,14H2,1H3,(H,22,27)/t19-/m1/s1. The summed E-state index contributed by atoms with van der Waals surface area (Å²) < 4.78 is 11.0. The summed E-state index contributed by atoms with van der Waals surface area (Å²) >= 11 is 0. The Morgan fingerprint density at radius 1 is 1.28 bits per heavy atom. The van der Waals surface area contributed by atoms with Crippen LogP contribution in [0.25, 0.3) is 10.9 Å². The molecule has 1 saturated heterocycles. The van der Waals surface area contributed by atoms with Gasteiger partial charge in [-0.25, -0.2) is 15.0 Å². The van der Waals surface area contributed by atoms with Crippen LogP contribution < -0.4 is 10.2 Å². The van der Waals surface area contributed by atoms with Gasteiger partial charge < -0.3 is 19.7 Å². The number of anilines is 1. The topological polar surface area (TPSA) is 89.5 Å². The van der Waals surface area contributed by atoms with Crippen molar-refractivity contribution in [1.29, 1.82) is 0 Å². The van der Waals surface area contributed by atoms with E-state index in [0.717, 1.165) is 16.6 Å². The molecule has 3 heterocycles. The lowest BCUT2D eigenvalue weighted by molar-refractivity contribution is 0.0366. The molecule has 2 aromatic heterocycles. The maximum absolute atomic E-state index is 12.8. The largest absolute Gasteiger partial charge is 0.383 e. The van der Waals surface area contributed by atoms with Gasteiger partial charge in [0.15, 0.2) is 0 Å². The molecule has 0 aliphatic carbocycles. The van der Waals surface area contributed by atoms with E-state index in [1.807, 2.05) is 30.3 Å². The molecule has 8 heteroatoms. The van der Waals surface area contributed by atoms with E-state index in [1.54, 1.807) is 25.6 Å². The minimum absolute atomic E-state index is 0.152. The average Bonchev–Trinajstić information content (AvgIpc) is 2.79. The van der Waals surface area contributed by atoms with Crippen LogP contribution >= 0.6 is 0 Å². The predicted molar refractivity (Wildman–Crippen MR) is 109 cm³/mol. The number of methoxy groups -OCH3 is 1. The van der Waals surface area contributed by atoms with Gasteiger partial charge in [0, 0.05) is 38.0 Å². The van der Waals surface area contributed by atoms with Crippen molar-refractivity contribution in [3.05, 3.63) is 60.0 Å². The average molecular weight is 393 g/mol. The van der Waals surface area contributed by atoms with Crippen molar-refractivity contribution in [3.63, 3.8) is 0 Å². The lowest BCUT2D eigenvalue weighted by Crippen LogP contribution is -2.39. The number of carbonyl (C=O) groups excluding carboxylic acids is 1. The Morgan fingerprint density at radius 3 is 2.93 bits per heavy atom. The highest BCUT2D eigenvalue weighted by Gasteiger charge is 2.26. The van der Waals surface area contributed by atoms with Crippen LogP contribution in [-0.2, 0) is 9.47 Å². The lowest BCUT2D eigenvalue weighted by Gasteiger charge is -2.32. The summed E-state index contributed by atoms with van der Waals surface area (Å²) in [5.74, 6) is 0.514. The molecule has 29 heavy (non-hydrogen) atoms. The molecule has 1 aliphatic heterocycles. The highest BCUT2D eigenvalue weighted by atomic mass is 16.5. The first-order valence-electron chi connectivity index (χ1n) is 9.56. The molecule has 0 unspecified atom stereocenters. The van der Waals surface area contributed by atoms with Gasteiger partial charge in [-0.15, -0.1) is 0 Å². The summed E-state index contributed by atoms with van der Waals surface area (Å²) in [4.78, 5) is 28.3. The Hall–Kier alpha value is -3.10. The Kier molecular flexibility index (Phi) is 5.92. The van der Waals surface area contributed by atoms with Gasteiger partial charge in [-0.2, -0.15) is 0 Å². The number of benzene rings is 1. The number of amides is 1. The second-order valence-corrected chi connectivity index (χ2v) is 6.71. The SMILES string of the molecule is COCCNC(=O)c1cc([C@H]2CN(c3ncccn3)CCO2)nc2ccccc12. The van der Waals surface area contributed by atoms with Crippen LogP contribution in [0.3, 0.4) is 0 Å². The summed E-state index contributed by atoms with van der Waals surface area (Å²) in [7, 11) is 1.61. The number of hydrogen-bond acceptors (Lipinski definition) is 7. The molecule has 0 radical (unpaired) electrons. The molecule has 3 aromatic rings. The Labute approximate surface area is 168 Å². The zero-order valence-corrected chi connectivity index (χ0v) is 16.2. The molecule has 1 aromatic carbocycles. The molecule has 1 aliphatic rings. The number of nitrogens with one attached hydrogen (secondary N) is 1. The second-order valence-electron chi connectivity index (χ2n) is 6.71. The molecule has 4 rings (SSSR count). The van der Waals surface area contributed by atoms with Crippen molar-refractivity contribution in [1.82, 2.24) is 20.3 Å². The summed E-state index contributed by atoms with van der Waals surface area (Å²) in [5, 5.41) is 3.70. The number of carbonyl (C=O) groups is 1. The zero-order valence-electron chi connectivity index (χ0n) is 16.2. The molecule has 0 spiro atoms. The number of ether oxygens (including phenoxy) is 2. The molecule has 1 fully saturated rings. The number of rotatable bonds is 6.